The summed E-state index contributed by atoms with van der Waals surface area (Å²) in [6.45, 7) is 2.34. The van der Waals surface area contributed by atoms with Crippen molar-refractivity contribution in [2.75, 3.05) is 0 Å². The van der Waals surface area contributed by atoms with Gasteiger partial charge in [-0.1, -0.05) is 25.3 Å². The van der Waals surface area contributed by atoms with E-state index in [1.165, 1.54) is 19.3 Å². The van der Waals surface area contributed by atoms with Gasteiger partial charge in [0.15, 0.2) is 0 Å². The molecular weight excluding hydrogens is 284 g/mol. The zero-order chi connectivity index (χ0) is 14.8. The Bertz CT molecular complexity index is 508. The lowest BCUT2D eigenvalue weighted by atomic mass is 9.81. The van der Waals surface area contributed by atoms with Gasteiger partial charge in [-0.3, -0.25) is 9.59 Å². The Morgan fingerprint density at radius 1 is 1.29 bits per heavy atom. The van der Waals surface area contributed by atoms with Gasteiger partial charge in [0.2, 0.25) is 11.8 Å². The van der Waals surface area contributed by atoms with Crippen LogP contribution in [0.4, 0.5) is 0 Å². The molecule has 1 aliphatic carbocycles. The monoisotopic (exact) mass is 306 g/mol. The number of carbonyl (C=O) groups is 2. The molecule has 0 spiro atoms. The van der Waals surface area contributed by atoms with Crippen LogP contribution >= 0.6 is 11.3 Å². The SMILES string of the molecule is CC1NC(=O)C(C2CCCCC2)N(Cc2cccs2)C1=O. The second kappa shape index (κ2) is 6.18. The van der Waals surface area contributed by atoms with E-state index in [0.717, 1.165) is 17.7 Å². The van der Waals surface area contributed by atoms with Crippen LogP contribution in [0.15, 0.2) is 17.5 Å². The standard InChI is InChI=1S/C16H22N2O2S/c1-11-16(20)18(10-13-8-5-9-21-13)14(15(19)17-11)12-6-3-2-4-7-12/h5,8-9,11-12,14H,2-4,6-7,10H2,1H3,(H,17,19). The van der Waals surface area contributed by atoms with E-state index >= 15 is 0 Å². The minimum absolute atomic E-state index is 0.0329. The topological polar surface area (TPSA) is 49.4 Å². The van der Waals surface area contributed by atoms with Gasteiger partial charge in [-0.2, -0.15) is 0 Å². The fourth-order valence-corrected chi connectivity index (χ4v) is 4.26. The number of carbonyl (C=O) groups excluding carboxylic acids is 2. The molecule has 1 N–H and O–H groups in total. The molecule has 2 fully saturated rings. The Labute approximate surface area is 129 Å². The number of piperazine rings is 1. The molecule has 2 unspecified atom stereocenters. The molecule has 1 aromatic rings. The minimum atomic E-state index is -0.405. The molecule has 1 saturated carbocycles. The maximum absolute atomic E-state index is 12.6. The molecule has 2 atom stereocenters. The van der Waals surface area contributed by atoms with Gasteiger partial charge in [0, 0.05) is 4.88 Å². The number of nitrogens with zero attached hydrogens (tertiary/aromatic N) is 1. The van der Waals surface area contributed by atoms with E-state index < -0.39 is 6.04 Å². The lowest BCUT2D eigenvalue weighted by molar-refractivity contribution is -0.152. The van der Waals surface area contributed by atoms with E-state index in [2.05, 4.69) is 5.32 Å². The van der Waals surface area contributed by atoms with Crippen molar-refractivity contribution in [1.29, 1.82) is 0 Å². The normalized spacial score (nSPS) is 27.8. The lowest BCUT2D eigenvalue weighted by Gasteiger charge is -2.42. The van der Waals surface area contributed by atoms with Crippen molar-refractivity contribution in [1.82, 2.24) is 10.2 Å². The van der Waals surface area contributed by atoms with Crippen LogP contribution in [0.2, 0.25) is 0 Å². The fourth-order valence-electron chi connectivity index (χ4n) is 3.55. The molecule has 0 aromatic carbocycles. The summed E-state index contributed by atoms with van der Waals surface area (Å²) in [5, 5.41) is 4.88. The molecule has 1 aliphatic heterocycles. The molecule has 21 heavy (non-hydrogen) atoms. The first-order valence-corrected chi connectivity index (χ1v) is 8.68. The number of hydrogen-bond acceptors (Lipinski definition) is 3. The zero-order valence-electron chi connectivity index (χ0n) is 12.4. The largest absolute Gasteiger partial charge is 0.343 e. The Hall–Kier alpha value is -1.36. The van der Waals surface area contributed by atoms with Gasteiger partial charge in [0.25, 0.3) is 0 Å². The maximum Gasteiger partial charge on any atom is 0.245 e. The van der Waals surface area contributed by atoms with Gasteiger partial charge >= 0.3 is 0 Å². The van der Waals surface area contributed by atoms with Gasteiger partial charge in [0.05, 0.1) is 6.54 Å². The average molecular weight is 306 g/mol. The molecule has 2 aliphatic rings. The molecule has 2 amide bonds. The van der Waals surface area contributed by atoms with Crippen molar-refractivity contribution in [3.63, 3.8) is 0 Å². The highest BCUT2D eigenvalue weighted by Crippen LogP contribution is 2.32. The van der Waals surface area contributed by atoms with Crippen molar-refractivity contribution in [3.8, 4) is 0 Å². The van der Waals surface area contributed by atoms with Gasteiger partial charge < -0.3 is 10.2 Å². The van der Waals surface area contributed by atoms with E-state index in [4.69, 9.17) is 0 Å². The highest BCUT2D eigenvalue weighted by atomic mass is 32.1. The smallest absolute Gasteiger partial charge is 0.245 e. The summed E-state index contributed by atoms with van der Waals surface area (Å²) in [5.41, 5.74) is 0. The number of nitrogens with one attached hydrogen (secondary N) is 1. The summed E-state index contributed by atoms with van der Waals surface area (Å²) < 4.78 is 0. The van der Waals surface area contributed by atoms with Crippen molar-refractivity contribution < 1.29 is 9.59 Å². The van der Waals surface area contributed by atoms with Gasteiger partial charge in [-0.05, 0) is 37.1 Å². The fraction of sp³-hybridized carbons (Fsp3) is 0.625. The molecule has 1 saturated heterocycles. The van der Waals surface area contributed by atoms with Gasteiger partial charge in [-0.25, -0.2) is 0 Å². The summed E-state index contributed by atoms with van der Waals surface area (Å²) in [7, 11) is 0. The lowest BCUT2D eigenvalue weighted by Crippen LogP contribution is -2.64. The van der Waals surface area contributed by atoms with Gasteiger partial charge in [-0.15, -0.1) is 11.3 Å². The van der Waals surface area contributed by atoms with Crippen molar-refractivity contribution in [2.45, 2.75) is 57.7 Å². The zero-order valence-corrected chi connectivity index (χ0v) is 13.2. The minimum Gasteiger partial charge on any atom is -0.343 e. The van der Waals surface area contributed by atoms with Crippen LogP contribution in [0.5, 0.6) is 0 Å². The summed E-state index contributed by atoms with van der Waals surface area (Å²) >= 11 is 1.64. The summed E-state index contributed by atoms with van der Waals surface area (Å²) in [5.74, 6) is 0.402. The highest BCUT2D eigenvalue weighted by Gasteiger charge is 2.42. The molecule has 0 bridgehead atoms. The first-order chi connectivity index (χ1) is 10.2. The van der Waals surface area contributed by atoms with E-state index in [-0.39, 0.29) is 17.9 Å². The Kier molecular flexibility index (Phi) is 4.29. The van der Waals surface area contributed by atoms with Crippen molar-refractivity contribution in [2.24, 2.45) is 5.92 Å². The molecular formula is C16H22N2O2S. The summed E-state index contributed by atoms with van der Waals surface area (Å²) in [4.78, 5) is 28.0. The molecule has 3 rings (SSSR count). The highest BCUT2D eigenvalue weighted by molar-refractivity contribution is 7.09. The summed E-state index contributed by atoms with van der Waals surface area (Å²) in [6, 6.07) is 3.34. The molecule has 2 heterocycles. The van der Waals surface area contributed by atoms with Crippen LogP contribution in [0.1, 0.15) is 43.9 Å². The summed E-state index contributed by atoms with van der Waals surface area (Å²) in [6.07, 6.45) is 5.71. The Morgan fingerprint density at radius 2 is 2.05 bits per heavy atom. The second-order valence-corrected chi connectivity index (χ2v) is 7.15. The maximum atomic E-state index is 12.6. The quantitative estimate of drug-likeness (QED) is 0.933. The van der Waals surface area contributed by atoms with Crippen LogP contribution in [-0.4, -0.2) is 28.8 Å². The van der Waals surface area contributed by atoms with E-state index in [0.29, 0.717) is 12.5 Å². The van der Waals surface area contributed by atoms with Crippen LogP contribution in [0.25, 0.3) is 0 Å². The molecule has 4 nitrogen and oxygen atoms in total. The molecule has 1 aromatic heterocycles. The third-order valence-electron chi connectivity index (χ3n) is 4.62. The Morgan fingerprint density at radius 3 is 2.71 bits per heavy atom. The molecule has 5 heteroatoms. The van der Waals surface area contributed by atoms with Crippen LogP contribution < -0.4 is 5.32 Å². The third-order valence-corrected chi connectivity index (χ3v) is 5.48. The number of thiophene rings is 1. The predicted octanol–water partition coefficient (Wildman–Crippen LogP) is 2.54. The predicted molar refractivity (Wildman–Crippen MR) is 82.8 cm³/mol. The molecule has 114 valence electrons. The first-order valence-electron chi connectivity index (χ1n) is 7.80. The van der Waals surface area contributed by atoms with E-state index in [9.17, 15) is 9.59 Å². The third kappa shape index (κ3) is 2.98. The van der Waals surface area contributed by atoms with Gasteiger partial charge in [0.1, 0.15) is 12.1 Å². The number of rotatable bonds is 3. The van der Waals surface area contributed by atoms with Crippen molar-refractivity contribution >= 4 is 23.2 Å². The second-order valence-electron chi connectivity index (χ2n) is 6.12. The van der Waals surface area contributed by atoms with Crippen molar-refractivity contribution in [3.05, 3.63) is 22.4 Å². The molecule has 0 radical (unpaired) electrons. The van der Waals surface area contributed by atoms with Crippen LogP contribution in [-0.2, 0) is 16.1 Å². The number of amides is 2. The number of hydrogen-bond donors (Lipinski definition) is 1. The average Bonchev–Trinajstić information content (AvgIpc) is 2.98. The van der Waals surface area contributed by atoms with E-state index in [1.54, 1.807) is 18.3 Å². The first kappa shape index (κ1) is 14.6. The Balaban J connectivity index is 1.84. The van der Waals surface area contributed by atoms with E-state index in [1.807, 2.05) is 22.4 Å². The van der Waals surface area contributed by atoms with Crippen LogP contribution in [0.3, 0.4) is 0 Å². The van der Waals surface area contributed by atoms with Crippen LogP contribution in [0, 0.1) is 5.92 Å².